The van der Waals surface area contributed by atoms with Gasteiger partial charge in [0.05, 0.1) is 11.5 Å². The monoisotopic (exact) mass is 479 g/mol. The average molecular weight is 480 g/mol. The molecule has 4 nitrogen and oxygen atoms in total. The summed E-state index contributed by atoms with van der Waals surface area (Å²) in [6.07, 6.45) is 9.98. The van der Waals surface area contributed by atoms with Crippen LogP contribution in [0.15, 0.2) is 11.6 Å². The lowest BCUT2D eigenvalue weighted by Crippen LogP contribution is -2.64. The molecule has 0 bridgehead atoms. The number of carboxylic acid groups (broad SMARTS) is 1. The van der Waals surface area contributed by atoms with Crippen molar-refractivity contribution in [2.24, 2.45) is 62.6 Å². The summed E-state index contributed by atoms with van der Waals surface area (Å²) in [5.41, 5.74) is 0.579. The second-order valence-electron chi connectivity index (χ2n) is 14.9. The van der Waals surface area contributed by atoms with Crippen LogP contribution in [0.4, 0.5) is 0 Å². The van der Waals surface area contributed by atoms with Crippen LogP contribution in [0.25, 0.3) is 0 Å². The molecule has 1 N–H and O–H groups in total. The molecular weight excluding hydrogens is 434 g/mol. The molecule has 0 heterocycles. The molecule has 4 heteroatoms. The topological polar surface area (TPSA) is 78.2 Å². The van der Waals surface area contributed by atoms with Crippen LogP contribution in [0, 0.1) is 73.9 Å². The number of ketones is 1. The molecule has 0 aromatic rings. The Labute approximate surface area is 211 Å². The quantitative estimate of drug-likeness (QED) is 0.409. The van der Waals surface area contributed by atoms with Crippen LogP contribution >= 0.6 is 0 Å². The van der Waals surface area contributed by atoms with Gasteiger partial charge in [0, 0.05) is 5.41 Å². The van der Waals surface area contributed by atoms with Gasteiger partial charge in [0.15, 0.2) is 5.78 Å². The highest BCUT2D eigenvalue weighted by Gasteiger charge is 2.68. The number of rotatable bonds is 1. The molecule has 3 unspecified atom stereocenters. The first-order valence-electron chi connectivity index (χ1n) is 14.0. The normalized spacial score (nSPS) is 49.9. The Morgan fingerprint density at radius 3 is 2.31 bits per heavy atom. The molecule has 0 radical (unpaired) electrons. The van der Waals surface area contributed by atoms with Gasteiger partial charge in [-0.15, -0.1) is 0 Å². The highest BCUT2D eigenvalue weighted by Crippen LogP contribution is 2.73. The minimum atomic E-state index is -0.611. The van der Waals surface area contributed by atoms with Crippen molar-refractivity contribution in [2.75, 3.05) is 0 Å². The summed E-state index contributed by atoms with van der Waals surface area (Å²) < 4.78 is 0. The molecule has 35 heavy (non-hydrogen) atoms. The zero-order chi connectivity index (χ0) is 25.8. The first kappa shape index (κ1) is 25.0. The van der Waals surface area contributed by atoms with E-state index in [2.05, 4.69) is 60.6 Å². The van der Waals surface area contributed by atoms with E-state index in [1.54, 1.807) is 0 Å². The van der Waals surface area contributed by atoms with Crippen molar-refractivity contribution in [3.8, 4) is 6.07 Å². The van der Waals surface area contributed by atoms with Gasteiger partial charge < -0.3 is 5.11 Å². The highest BCUT2D eigenvalue weighted by molar-refractivity contribution is 5.90. The van der Waals surface area contributed by atoms with E-state index in [-0.39, 0.29) is 33.9 Å². The summed E-state index contributed by atoms with van der Waals surface area (Å²) in [5.74, 6) is 0.338. The summed E-state index contributed by atoms with van der Waals surface area (Å²) in [6, 6.07) is 2.40. The first-order chi connectivity index (χ1) is 16.2. The summed E-state index contributed by atoms with van der Waals surface area (Å²) in [6.45, 7) is 15.9. The van der Waals surface area contributed by atoms with Gasteiger partial charge in [-0.2, -0.15) is 5.26 Å². The predicted molar refractivity (Wildman–Crippen MR) is 136 cm³/mol. The van der Waals surface area contributed by atoms with E-state index in [9.17, 15) is 20.0 Å². The minimum Gasteiger partial charge on any atom is -0.481 e. The number of aliphatic carboxylic acids is 1. The molecule has 0 aliphatic heterocycles. The van der Waals surface area contributed by atoms with Crippen molar-refractivity contribution in [2.45, 2.75) is 99.8 Å². The van der Waals surface area contributed by atoms with Crippen molar-refractivity contribution in [3.63, 3.8) is 0 Å². The van der Waals surface area contributed by atoms with Gasteiger partial charge in [0.1, 0.15) is 5.92 Å². The molecule has 0 spiro atoms. The number of carbonyl (C=O) groups excluding carboxylic acids is 1. The molecule has 4 fully saturated rings. The van der Waals surface area contributed by atoms with Gasteiger partial charge in [0.2, 0.25) is 0 Å². The Hall–Kier alpha value is -1.63. The van der Waals surface area contributed by atoms with Crippen molar-refractivity contribution in [1.29, 1.82) is 5.26 Å². The zero-order valence-electron chi connectivity index (χ0n) is 22.9. The van der Waals surface area contributed by atoms with E-state index in [1.165, 1.54) is 5.57 Å². The third-order valence-corrected chi connectivity index (χ3v) is 12.9. The molecule has 5 rings (SSSR count). The van der Waals surface area contributed by atoms with E-state index in [0.29, 0.717) is 17.8 Å². The maximum Gasteiger partial charge on any atom is 0.310 e. The largest absolute Gasteiger partial charge is 0.481 e. The van der Waals surface area contributed by atoms with Crippen LogP contribution in [0.1, 0.15) is 99.8 Å². The SMILES string of the molecule is C[C@@H]1C(C#N)C(=O)C(C)(C)[C@@H]2CC[C@]3(C)[C@H](CC=C4C5CC(C)(C)CC[C@]5(C(=O)O)CC[C@]43C)C12. The number of Topliss-reactive ketones (excluding diaryl/α,β-unsaturated/α-hetero) is 1. The van der Waals surface area contributed by atoms with Crippen molar-refractivity contribution in [1.82, 2.24) is 0 Å². The summed E-state index contributed by atoms with van der Waals surface area (Å²) in [7, 11) is 0. The number of hydrogen-bond donors (Lipinski definition) is 1. The van der Waals surface area contributed by atoms with Crippen LogP contribution in [0.5, 0.6) is 0 Å². The fourth-order valence-corrected chi connectivity index (χ4v) is 10.3. The van der Waals surface area contributed by atoms with Crippen LogP contribution in [-0.4, -0.2) is 16.9 Å². The molecule has 0 aromatic carbocycles. The van der Waals surface area contributed by atoms with Gasteiger partial charge in [-0.1, -0.05) is 60.1 Å². The lowest BCUT2D eigenvalue weighted by Gasteiger charge is -2.68. The van der Waals surface area contributed by atoms with E-state index in [1.807, 2.05) is 0 Å². The fourth-order valence-electron chi connectivity index (χ4n) is 10.3. The Bertz CT molecular complexity index is 1030. The van der Waals surface area contributed by atoms with Crippen molar-refractivity contribution < 1.29 is 14.7 Å². The fraction of sp³-hybridized carbons (Fsp3) is 0.839. The summed E-state index contributed by atoms with van der Waals surface area (Å²) in [4.78, 5) is 26.1. The average Bonchev–Trinajstić information content (AvgIpc) is 2.77. The number of allylic oxidation sites excluding steroid dienone is 2. The Morgan fingerprint density at radius 1 is 1.03 bits per heavy atom. The number of nitriles is 1. The summed E-state index contributed by atoms with van der Waals surface area (Å²) >= 11 is 0. The maximum absolute atomic E-state index is 13.3. The van der Waals surface area contributed by atoms with Crippen LogP contribution in [0.3, 0.4) is 0 Å². The summed E-state index contributed by atoms with van der Waals surface area (Å²) in [5, 5.41) is 20.5. The second kappa shape index (κ2) is 7.45. The third kappa shape index (κ3) is 3.02. The van der Waals surface area contributed by atoms with E-state index < -0.39 is 22.7 Å². The molecule has 9 atom stereocenters. The molecule has 5 aliphatic rings. The van der Waals surface area contributed by atoms with Crippen molar-refractivity contribution >= 4 is 11.8 Å². The maximum atomic E-state index is 13.3. The first-order valence-corrected chi connectivity index (χ1v) is 14.0. The van der Waals surface area contributed by atoms with Gasteiger partial charge in [0.25, 0.3) is 0 Å². The molecular formula is C31H45NO3. The number of carboxylic acids is 1. The molecule has 5 aliphatic carbocycles. The van der Waals surface area contributed by atoms with Crippen LogP contribution in [-0.2, 0) is 9.59 Å². The molecule has 0 amide bonds. The van der Waals surface area contributed by atoms with Crippen LogP contribution < -0.4 is 0 Å². The minimum absolute atomic E-state index is 0.0224. The van der Waals surface area contributed by atoms with Crippen molar-refractivity contribution in [3.05, 3.63) is 11.6 Å². The third-order valence-electron chi connectivity index (χ3n) is 12.9. The number of carbonyl (C=O) groups is 2. The van der Waals surface area contributed by atoms with E-state index in [4.69, 9.17) is 0 Å². The van der Waals surface area contributed by atoms with Gasteiger partial charge >= 0.3 is 5.97 Å². The molecule has 0 saturated heterocycles. The number of nitrogens with zero attached hydrogens (tertiary/aromatic N) is 1. The predicted octanol–water partition coefficient (Wildman–Crippen LogP) is 7.05. The van der Waals surface area contributed by atoms with Crippen LogP contribution in [0.2, 0.25) is 0 Å². The molecule has 0 aromatic heterocycles. The molecule has 4 saturated carbocycles. The lowest BCUT2D eigenvalue weighted by molar-refractivity contribution is -0.178. The smallest absolute Gasteiger partial charge is 0.310 e. The van der Waals surface area contributed by atoms with E-state index >= 15 is 0 Å². The standard InChI is InChI=1S/C31H45NO3/c1-18-19(17-32)25(33)28(4,5)21-10-11-29(6)22(24(18)21)9-8-20-23-16-27(2,3)12-14-31(23,26(34)35)15-13-30(20,29)7/h8,18-19,21-24H,9-16H2,1-7H3,(H,34,35)/t18-,19?,21-,22-,23?,24?,29-,30-,31+/m1/s1. The Morgan fingerprint density at radius 2 is 1.69 bits per heavy atom. The number of fused-ring (bicyclic) bond motifs is 7. The highest BCUT2D eigenvalue weighted by atomic mass is 16.4. The zero-order valence-corrected chi connectivity index (χ0v) is 22.9. The van der Waals surface area contributed by atoms with E-state index in [0.717, 1.165) is 51.4 Å². The lowest BCUT2D eigenvalue weighted by atomic mass is 9.35. The molecule has 192 valence electrons. The van der Waals surface area contributed by atoms with Gasteiger partial charge in [-0.3, -0.25) is 9.59 Å². The Kier molecular flexibility index (Phi) is 5.33. The Balaban J connectivity index is 1.61. The second-order valence-corrected chi connectivity index (χ2v) is 14.9. The van der Waals surface area contributed by atoms with Gasteiger partial charge in [-0.25, -0.2) is 0 Å². The van der Waals surface area contributed by atoms with Gasteiger partial charge in [-0.05, 0) is 97.2 Å². The number of hydrogen-bond acceptors (Lipinski definition) is 3.